The van der Waals surface area contributed by atoms with Crippen molar-refractivity contribution in [2.45, 2.75) is 47.6 Å². The number of carbonyl (C=O) groups is 1. The van der Waals surface area contributed by atoms with Crippen molar-refractivity contribution in [1.29, 1.82) is 0 Å². The van der Waals surface area contributed by atoms with Crippen LogP contribution in [0.3, 0.4) is 0 Å². The van der Waals surface area contributed by atoms with Gasteiger partial charge in [0.1, 0.15) is 6.29 Å². The molecule has 1 N–H and O–H groups in total. The van der Waals surface area contributed by atoms with Crippen molar-refractivity contribution in [2.24, 2.45) is 4.99 Å². The van der Waals surface area contributed by atoms with Crippen LogP contribution in [0.15, 0.2) is 29.5 Å². The molecule has 1 aliphatic heterocycles. The lowest BCUT2D eigenvalue weighted by Crippen LogP contribution is -2.38. The number of rotatable bonds is 6. The number of hydrogen-bond acceptors (Lipinski definition) is 6. The molecule has 1 unspecified atom stereocenters. The summed E-state index contributed by atoms with van der Waals surface area (Å²) in [6.45, 7) is 19.2. The summed E-state index contributed by atoms with van der Waals surface area (Å²) in [5.74, 6) is 0. The summed E-state index contributed by atoms with van der Waals surface area (Å²) >= 11 is 0. The normalized spacial score (nSPS) is 14.5. The Morgan fingerprint density at radius 3 is 2.24 bits per heavy atom. The molecule has 0 aliphatic carbocycles. The number of morpholine rings is 1. The number of fused-ring (bicyclic) bond motifs is 1. The van der Waals surface area contributed by atoms with Crippen LogP contribution in [0.5, 0.6) is 0 Å². The van der Waals surface area contributed by atoms with E-state index >= 15 is 0 Å². The van der Waals surface area contributed by atoms with Crippen LogP contribution in [-0.2, 0) is 4.74 Å². The first kappa shape index (κ1) is 30.5. The highest BCUT2D eigenvalue weighted by atomic mass is 16.5. The fourth-order valence-electron chi connectivity index (χ4n) is 3.76. The zero-order chi connectivity index (χ0) is 25.6. The van der Waals surface area contributed by atoms with Crippen molar-refractivity contribution in [3.05, 3.63) is 46.9 Å². The fourth-order valence-corrected chi connectivity index (χ4v) is 3.76. The Balaban J connectivity index is 0.00000158. The Bertz CT molecular complexity index is 881. The average molecular weight is 461 g/mol. The molecule has 33 heavy (non-hydrogen) atoms. The van der Waals surface area contributed by atoms with Gasteiger partial charge < -0.3 is 19.1 Å². The maximum atomic E-state index is 11.7. The second-order valence-electron chi connectivity index (χ2n) is 7.21. The summed E-state index contributed by atoms with van der Waals surface area (Å²) in [5.41, 5.74) is 5.66. The Kier molecular flexibility index (Phi) is 15.0. The van der Waals surface area contributed by atoms with Gasteiger partial charge in [0.05, 0.1) is 18.9 Å². The van der Waals surface area contributed by atoms with Gasteiger partial charge in [-0.3, -0.25) is 14.7 Å². The van der Waals surface area contributed by atoms with E-state index in [4.69, 9.17) is 9.84 Å². The van der Waals surface area contributed by atoms with E-state index in [-0.39, 0.29) is 6.04 Å². The second kappa shape index (κ2) is 16.2. The predicted molar refractivity (Wildman–Crippen MR) is 140 cm³/mol. The second-order valence-corrected chi connectivity index (χ2v) is 7.21. The molecule has 2 aromatic rings. The van der Waals surface area contributed by atoms with Crippen LogP contribution in [0.1, 0.15) is 67.8 Å². The molecule has 0 saturated carbocycles. The minimum absolute atomic E-state index is 0.175. The van der Waals surface area contributed by atoms with E-state index < -0.39 is 0 Å². The average Bonchev–Trinajstić information content (AvgIpc) is 3.29. The summed E-state index contributed by atoms with van der Waals surface area (Å²) in [6.07, 6.45) is 4.98. The third-order valence-electron chi connectivity index (χ3n) is 5.19. The SMILES string of the molecule is C=N/C(=C\N(C)C)c1cc2cc(C=O)c(C)c(C(C)N3CCOCC3)n2c1.CC.CC.CO. The van der Waals surface area contributed by atoms with E-state index in [1.807, 2.05) is 65.9 Å². The van der Waals surface area contributed by atoms with E-state index in [0.717, 1.165) is 73.3 Å². The molecule has 2 aromatic heterocycles. The highest BCUT2D eigenvalue weighted by molar-refractivity contribution is 5.82. The number of aliphatic hydroxyl groups excluding tert-OH is 1. The maximum absolute atomic E-state index is 11.7. The van der Waals surface area contributed by atoms with E-state index in [1.165, 1.54) is 0 Å². The molecule has 0 radical (unpaired) electrons. The Hall–Kier alpha value is -2.48. The molecule has 186 valence electrons. The highest BCUT2D eigenvalue weighted by Crippen LogP contribution is 2.30. The molecule has 3 rings (SSSR count). The van der Waals surface area contributed by atoms with Gasteiger partial charge in [0.15, 0.2) is 0 Å². The minimum atomic E-state index is 0.175. The molecule has 3 heterocycles. The first-order chi connectivity index (χ1) is 16.0. The summed E-state index contributed by atoms with van der Waals surface area (Å²) < 4.78 is 7.69. The standard InChI is InChI=1S/C21H28N4O2.2C2H6.CH4O/c1-15-18(14-26)11-19-10-17(20(22-3)13-23(4)5)12-25(19)21(15)16(2)24-6-8-27-9-7-24;3*1-2/h10-14,16H,3,6-9H2,1-2,4-5H3;2*1-2H3;2H,1H3/b20-13-;;;. The topological polar surface area (TPSA) is 69.8 Å². The number of aliphatic hydroxyl groups is 1. The van der Waals surface area contributed by atoms with Gasteiger partial charge in [-0.05, 0) is 38.3 Å². The molecule has 1 aliphatic rings. The fraction of sp³-hybridized carbons (Fsp3) is 0.538. The van der Waals surface area contributed by atoms with Crippen LogP contribution in [0.2, 0.25) is 0 Å². The van der Waals surface area contributed by atoms with Gasteiger partial charge >= 0.3 is 0 Å². The summed E-state index contributed by atoms with van der Waals surface area (Å²) in [6, 6.07) is 4.18. The maximum Gasteiger partial charge on any atom is 0.150 e. The molecule has 1 saturated heterocycles. The van der Waals surface area contributed by atoms with Crippen molar-refractivity contribution in [2.75, 3.05) is 47.5 Å². The quantitative estimate of drug-likeness (QED) is 0.501. The summed E-state index contributed by atoms with van der Waals surface area (Å²) in [5, 5.41) is 7.00. The number of pyridine rings is 1. The lowest BCUT2D eigenvalue weighted by molar-refractivity contribution is 0.0187. The Labute approximate surface area is 200 Å². The number of hydrogen-bond donors (Lipinski definition) is 1. The minimum Gasteiger partial charge on any atom is -0.400 e. The van der Waals surface area contributed by atoms with Gasteiger partial charge in [-0.2, -0.15) is 0 Å². The van der Waals surface area contributed by atoms with E-state index in [1.54, 1.807) is 0 Å². The molecule has 7 heteroatoms. The van der Waals surface area contributed by atoms with Crippen LogP contribution in [0, 0.1) is 6.92 Å². The van der Waals surface area contributed by atoms with Gasteiger partial charge in [-0.1, -0.05) is 27.7 Å². The van der Waals surface area contributed by atoms with Crippen molar-refractivity contribution in [3.63, 3.8) is 0 Å². The van der Waals surface area contributed by atoms with Crippen molar-refractivity contribution >= 4 is 24.2 Å². The number of aldehydes is 1. The number of aliphatic imine (C=N–C) groups is 1. The number of aromatic nitrogens is 1. The lowest BCUT2D eigenvalue weighted by atomic mass is 10.0. The summed E-state index contributed by atoms with van der Waals surface area (Å²) in [7, 11) is 4.92. The van der Waals surface area contributed by atoms with E-state index in [2.05, 4.69) is 40.2 Å². The van der Waals surface area contributed by atoms with Gasteiger partial charge in [0.2, 0.25) is 0 Å². The molecule has 7 nitrogen and oxygen atoms in total. The first-order valence-corrected chi connectivity index (χ1v) is 11.7. The molecule has 0 aromatic carbocycles. The highest BCUT2D eigenvalue weighted by Gasteiger charge is 2.24. The van der Waals surface area contributed by atoms with E-state index in [0.29, 0.717) is 0 Å². The zero-order valence-electron chi connectivity index (χ0n) is 22.1. The van der Waals surface area contributed by atoms with Gasteiger partial charge in [-0.15, -0.1) is 0 Å². The van der Waals surface area contributed by atoms with Crippen LogP contribution >= 0.6 is 0 Å². The molecular formula is C26H44N4O3. The van der Waals surface area contributed by atoms with Crippen molar-refractivity contribution < 1.29 is 14.6 Å². The Morgan fingerprint density at radius 1 is 1.18 bits per heavy atom. The monoisotopic (exact) mass is 460 g/mol. The lowest BCUT2D eigenvalue weighted by Gasteiger charge is -2.33. The molecule has 1 atom stereocenters. The van der Waals surface area contributed by atoms with Gasteiger partial charge in [-0.25, -0.2) is 0 Å². The molecule has 0 bridgehead atoms. The zero-order valence-corrected chi connectivity index (χ0v) is 22.1. The first-order valence-electron chi connectivity index (χ1n) is 11.7. The van der Waals surface area contributed by atoms with Crippen LogP contribution in [0.25, 0.3) is 11.2 Å². The number of carbonyl (C=O) groups excluding carboxylic acids is 1. The molecule has 0 spiro atoms. The van der Waals surface area contributed by atoms with Crippen LogP contribution in [-0.4, -0.2) is 79.8 Å². The Morgan fingerprint density at radius 2 is 1.76 bits per heavy atom. The van der Waals surface area contributed by atoms with Crippen LogP contribution < -0.4 is 0 Å². The van der Waals surface area contributed by atoms with E-state index in [9.17, 15) is 4.79 Å². The van der Waals surface area contributed by atoms with Crippen molar-refractivity contribution in [3.8, 4) is 0 Å². The van der Waals surface area contributed by atoms with Crippen LogP contribution in [0.4, 0.5) is 0 Å². The number of nitrogens with zero attached hydrogens (tertiary/aromatic N) is 4. The van der Waals surface area contributed by atoms with Gasteiger partial charge in [0.25, 0.3) is 0 Å². The summed E-state index contributed by atoms with van der Waals surface area (Å²) in [4.78, 5) is 20.2. The molecule has 1 fully saturated rings. The smallest absolute Gasteiger partial charge is 0.150 e. The van der Waals surface area contributed by atoms with Gasteiger partial charge in [0, 0.05) is 75.1 Å². The third kappa shape index (κ3) is 7.81. The largest absolute Gasteiger partial charge is 0.400 e. The molecule has 0 amide bonds. The number of ether oxygens (including phenoxy) is 1. The third-order valence-corrected chi connectivity index (χ3v) is 5.19. The molecular weight excluding hydrogens is 416 g/mol. The predicted octanol–water partition coefficient (Wildman–Crippen LogP) is 4.67. The van der Waals surface area contributed by atoms with Crippen molar-refractivity contribution in [1.82, 2.24) is 14.2 Å².